The molecule has 3 aromatic rings. The molecule has 0 aromatic heterocycles. The molecule has 0 aliphatic rings. The van der Waals surface area contributed by atoms with E-state index in [4.69, 9.17) is 4.52 Å². The number of benzene rings is 3. The van der Waals surface area contributed by atoms with Crippen LogP contribution >= 0.6 is 8.15 Å². The summed E-state index contributed by atoms with van der Waals surface area (Å²) in [5.41, 5.74) is 2.48. The first-order valence-electron chi connectivity index (χ1n) is 6.94. The molecule has 21 heavy (non-hydrogen) atoms. The summed E-state index contributed by atoms with van der Waals surface area (Å²) in [4.78, 5) is 0. The van der Waals surface area contributed by atoms with E-state index in [0.717, 1.165) is 0 Å². The first kappa shape index (κ1) is 14.0. The number of rotatable bonds is 4. The molecule has 0 aliphatic carbocycles. The molecular weight excluding hydrogens is 275 g/mol. The van der Waals surface area contributed by atoms with E-state index in [1.54, 1.807) is 7.11 Å². The highest BCUT2D eigenvalue weighted by Crippen LogP contribution is 2.37. The van der Waals surface area contributed by atoms with E-state index in [9.17, 15) is 0 Å². The fraction of sp³-hybridized carbons (Fsp3) is 0.0526. The van der Waals surface area contributed by atoms with Crippen molar-refractivity contribution in [3.8, 4) is 11.1 Å². The Hall–Kier alpha value is -1.95. The minimum atomic E-state index is -0.793. The van der Waals surface area contributed by atoms with Crippen molar-refractivity contribution in [2.75, 3.05) is 7.11 Å². The van der Waals surface area contributed by atoms with Gasteiger partial charge >= 0.3 is 0 Å². The van der Waals surface area contributed by atoms with Gasteiger partial charge in [0.2, 0.25) is 0 Å². The fourth-order valence-electron chi connectivity index (χ4n) is 2.42. The molecule has 0 aliphatic heterocycles. The van der Waals surface area contributed by atoms with Crippen LogP contribution in [-0.4, -0.2) is 7.11 Å². The van der Waals surface area contributed by atoms with Crippen molar-refractivity contribution in [1.29, 1.82) is 0 Å². The Labute approximate surface area is 127 Å². The summed E-state index contributed by atoms with van der Waals surface area (Å²) in [6.45, 7) is 0. The van der Waals surface area contributed by atoms with Crippen molar-refractivity contribution < 1.29 is 4.52 Å². The van der Waals surface area contributed by atoms with Crippen LogP contribution in [0.1, 0.15) is 0 Å². The van der Waals surface area contributed by atoms with Gasteiger partial charge in [0.1, 0.15) is 0 Å². The predicted molar refractivity (Wildman–Crippen MR) is 91.5 cm³/mol. The highest BCUT2D eigenvalue weighted by molar-refractivity contribution is 7.68. The second-order valence-electron chi connectivity index (χ2n) is 4.70. The molecule has 1 atom stereocenters. The molecule has 0 radical (unpaired) electrons. The quantitative estimate of drug-likeness (QED) is 0.650. The van der Waals surface area contributed by atoms with Gasteiger partial charge in [-0.25, -0.2) is 0 Å². The molecule has 0 saturated heterocycles. The molecule has 0 fully saturated rings. The van der Waals surface area contributed by atoms with Gasteiger partial charge in [-0.1, -0.05) is 84.9 Å². The van der Waals surface area contributed by atoms with Crippen molar-refractivity contribution in [1.82, 2.24) is 0 Å². The van der Waals surface area contributed by atoms with E-state index in [2.05, 4.69) is 72.8 Å². The summed E-state index contributed by atoms with van der Waals surface area (Å²) in [6, 6.07) is 29.4. The van der Waals surface area contributed by atoms with Gasteiger partial charge in [0.15, 0.2) is 0 Å². The van der Waals surface area contributed by atoms with Gasteiger partial charge in [-0.15, -0.1) is 0 Å². The highest BCUT2D eigenvalue weighted by Gasteiger charge is 2.17. The Morgan fingerprint density at radius 1 is 0.667 bits per heavy atom. The zero-order valence-electron chi connectivity index (χ0n) is 11.9. The molecule has 0 heterocycles. The third kappa shape index (κ3) is 3.05. The zero-order valence-corrected chi connectivity index (χ0v) is 12.8. The molecule has 0 saturated carbocycles. The van der Waals surface area contributed by atoms with E-state index >= 15 is 0 Å². The van der Waals surface area contributed by atoms with Crippen LogP contribution in [0, 0.1) is 0 Å². The summed E-state index contributed by atoms with van der Waals surface area (Å²) in [5.74, 6) is 0. The standard InChI is InChI=1S/C19H17OP/c1-20-21(17-12-6-3-7-13-17)19-15-9-8-14-18(19)16-10-4-2-5-11-16/h2-15H,1H3. The van der Waals surface area contributed by atoms with E-state index in [1.807, 2.05) is 12.1 Å². The van der Waals surface area contributed by atoms with E-state index < -0.39 is 8.15 Å². The average Bonchev–Trinajstić information content (AvgIpc) is 2.58. The van der Waals surface area contributed by atoms with Crippen molar-refractivity contribution in [3.05, 3.63) is 84.9 Å². The molecule has 3 rings (SSSR count). The number of hydrogen-bond donors (Lipinski definition) is 0. The van der Waals surface area contributed by atoms with Crippen LogP contribution in [0.3, 0.4) is 0 Å². The van der Waals surface area contributed by atoms with E-state index in [0.29, 0.717) is 0 Å². The van der Waals surface area contributed by atoms with Crippen molar-refractivity contribution in [3.63, 3.8) is 0 Å². The molecular formula is C19H17OP. The van der Waals surface area contributed by atoms with Gasteiger partial charge in [0.05, 0.1) is 8.15 Å². The molecule has 2 heteroatoms. The predicted octanol–water partition coefficient (Wildman–Crippen LogP) is 4.35. The average molecular weight is 292 g/mol. The van der Waals surface area contributed by atoms with Gasteiger partial charge in [-0.05, 0) is 11.1 Å². The largest absolute Gasteiger partial charge is 0.353 e. The van der Waals surface area contributed by atoms with Crippen LogP contribution in [0.4, 0.5) is 0 Å². The van der Waals surface area contributed by atoms with Crippen molar-refractivity contribution >= 4 is 18.8 Å². The van der Waals surface area contributed by atoms with Gasteiger partial charge in [0, 0.05) is 17.7 Å². The first-order chi connectivity index (χ1) is 10.4. The SMILES string of the molecule is COP(c1ccccc1)c1ccccc1-c1ccccc1. The third-order valence-electron chi connectivity index (χ3n) is 3.38. The van der Waals surface area contributed by atoms with Crippen LogP contribution in [-0.2, 0) is 4.52 Å². The van der Waals surface area contributed by atoms with E-state index in [1.165, 1.54) is 21.7 Å². The van der Waals surface area contributed by atoms with Crippen molar-refractivity contribution in [2.24, 2.45) is 0 Å². The van der Waals surface area contributed by atoms with Crippen LogP contribution in [0.2, 0.25) is 0 Å². The zero-order chi connectivity index (χ0) is 14.5. The van der Waals surface area contributed by atoms with Gasteiger partial charge < -0.3 is 4.52 Å². The lowest BCUT2D eigenvalue weighted by Crippen LogP contribution is -2.14. The summed E-state index contributed by atoms with van der Waals surface area (Å²) in [6.07, 6.45) is 0. The second-order valence-corrected chi connectivity index (χ2v) is 6.65. The fourth-order valence-corrected chi connectivity index (χ4v) is 4.19. The minimum absolute atomic E-state index is 0.793. The molecule has 0 amide bonds. The van der Waals surface area contributed by atoms with E-state index in [-0.39, 0.29) is 0 Å². The topological polar surface area (TPSA) is 9.23 Å². The molecule has 1 unspecified atom stereocenters. The first-order valence-corrected chi connectivity index (χ1v) is 8.20. The van der Waals surface area contributed by atoms with Crippen LogP contribution < -0.4 is 10.6 Å². The molecule has 0 N–H and O–H groups in total. The normalized spacial score (nSPS) is 12.0. The lowest BCUT2D eigenvalue weighted by Gasteiger charge is -2.19. The Morgan fingerprint density at radius 3 is 1.90 bits per heavy atom. The summed E-state index contributed by atoms with van der Waals surface area (Å²) < 4.78 is 5.85. The Balaban J connectivity index is 2.10. The lowest BCUT2D eigenvalue weighted by molar-refractivity contribution is 0.474. The molecule has 3 aromatic carbocycles. The monoisotopic (exact) mass is 292 g/mol. The number of hydrogen-bond acceptors (Lipinski definition) is 1. The maximum Gasteiger partial charge on any atom is 0.0919 e. The third-order valence-corrected chi connectivity index (χ3v) is 5.34. The lowest BCUT2D eigenvalue weighted by atomic mass is 10.1. The van der Waals surface area contributed by atoms with Crippen LogP contribution in [0.5, 0.6) is 0 Å². The smallest absolute Gasteiger partial charge is 0.0919 e. The summed E-state index contributed by atoms with van der Waals surface area (Å²) in [7, 11) is 0.999. The maximum atomic E-state index is 5.85. The molecule has 0 spiro atoms. The second kappa shape index (κ2) is 6.67. The molecule has 0 bridgehead atoms. The minimum Gasteiger partial charge on any atom is -0.353 e. The van der Waals surface area contributed by atoms with Gasteiger partial charge in [-0.2, -0.15) is 0 Å². The Kier molecular flexibility index (Phi) is 4.45. The van der Waals surface area contributed by atoms with Gasteiger partial charge in [0.25, 0.3) is 0 Å². The Bertz CT molecular complexity index is 695. The molecule has 104 valence electrons. The Morgan fingerprint density at radius 2 is 1.24 bits per heavy atom. The molecule has 1 nitrogen and oxygen atoms in total. The highest BCUT2D eigenvalue weighted by atomic mass is 31.1. The summed E-state index contributed by atoms with van der Waals surface area (Å²) >= 11 is 0. The van der Waals surface area contributed by atoms with Crippen molar-refractivity contribution in [2.45, 2.75) is 0 Å². The van der Waals surface area contributed by atoms with Crippen LogP contribution in [0.25, 0.3) is 11.1 Å². The maximum absolute atomic E-state index is 5.85. The van der Waals surface area contributed by atoms with Gasteiger partial charge in [-0.3, -0.25) is 0 Å². The van der Waals surface area contributed by atoms with Crippen LogP contribution in [0.15, 0.2) is 84.9 Å². The summed E-state index contributed by atoms with van der Waals surface area (Å²) in [5, 5.41) is 2.49.